The van der Waals surface area contributed by atoms with Crippen molar-refractivity contribution in [2.24, 2.45) is 17.3 Å². The first-order valence-electron chi connectivity index (χ1n) is 11.3. The van der Waals surface area contributed by atoms with E-state index in [4.69, 9.17) is 5.73 Å². The average Bonchev–Trinajstić information content (AvgIpc) is 3.31. The van der Waals surface area contributed by atoms with Gasteiger partial charge in [0.25, 0.3) is 5.56 Å². The van der Waals surface area contributed by atoms with E-state index >= 15 is 0 Å². The molecule has 9 heteroatoms. The molecule has 1 aromatic carbocycles. The Balaban J connectivity index is 1.51. The number of nitrogen functional groups attached to an aromatic ring is 1. The zero-order valence-corrected chi connectivity index (χ0v) is 17.9. The van der Waals surface area contributed by atoms with Crippen LogP contribution >= 0.6 is 0 Å². The fourth-order valence-corrected chi connectivity index (χ4v) is 6.97. The van der Waals surface area contributed by atoms with Gasteiger partial charge in [-0.1, -0.05) is 6.92 Å². The van der Waals surface area contributed by atoms with E-state index in [2.05, 4.69) is 21.9 Å². The number of aromatic amines is 1. The summed E-state index contributed by atoms with van der Waals surface area (Å²) in [5, 5.41) is 32.4. The number of imidazole rings is 1. The summed E-state index contributed by atoms with van der Waals surface area (Å²) in [7, 11) is 0. The van der Waals surface area contributed by atoms with Crippen molar-refractivity contribution in [3.05, 3.63) is 33.9 Å². The summed E-state index contributed by atoms with van der Waals surface area (Å²) in [6.45, 7) is 2.23. The largest absolute Gasteiger partial charge is 0.504 e. The highest BCUT2D eigenvalue weighted by Gasteiger charge is 2.54. The van der Waals surface area contributed by atoms with Crippen LogP contribution in [-0.2, 0) is 6.42 Å². The number of rotatable bonds is 1. The normalized spacial score (nSPS) is 31.3. The van der Waals surface area contributed by atoms with Gasteiger partial charge in [-0.25, -0.2) is 4.98 Å². The number of fused-ring (bicyclic) bond motifs is 6. The molecule has 0 amide bonds. The van der Waals surface area contributed by atoms with E-state index in [9.17, 15) is 20.1 Å². The van der Waals surface area contributed by atoms with Crippen molar-refractivity contribution in [1.29, 1.82) is 0 Å². The van der Waals surface area contributed by atoms with Crippen molar-refractivity contribution in [1.82, 2.24) is 19.5 Å². The van der Waals surface area contributed by atoms with E-state index in [1.807, 2.05) is 6.07 Å². The van der Waals surface area contributed by atoms with Crippen molar-refractivity contribution >= 4 is 17.1 Å². The minimum absolute atomic E-state index is 0.0305. The van der Waals surface area contributed by atoms with E-state index in [1.54, 1.807) is 0 Å². The number of aromatic hydroxyl groups is 2. The highest BCUT2D eigenvalue weighted by molar-refractivity contribution is 5.75. The number of nitrogens with two attached hydrogens (primary N) is 1. The fourth-order valence-electron chi connectivity index (χ4n) is 6.97. The second-order valence-corrected chi connectivity index (χ2v) is 9.95. The van der Waals surface area contributed by atoms with Gasteiger partial charge in [-0.15, -0.1) is 0 Å². The van der Waals surface area contributed by atoms with Gasteiger partial charge in [-0.2, -0.15) is 4.98 Å². The molecule has 9 nitrogen and oxygen atoms in total. The van der Waals surface area contributed by atoms with Gasteiger partial charge in [0.2, 0.25) is 5.95 Å². The first-order chi connectivity index (χ1) is 15.3. The quantitative estimate of drug-likeness (QED) is 0.367. The monoisotopic (exact) mass is 437 g/mol. The molecule has 5 atom stereocenters. The minimum Gasteiger partial charge on any atom is -0.504 e. The van der Waals surface area contributed by atoms with Crippen LogP contribution in [0, 0.1) is 17.3 Å². The van der Waals surface area contributed by atoms with Crippen molar-refractivity contribution in [3.63, 3.8) is 0 Å². The van der Waals surface area contributed by atoms with Gasteiger partial charge in [-0.05, 0) is 73.3 Å². The lowest BCUT2D eigenvalue weighted by Gasteiger charge is -2.50. The molecule has 0 bridgehead atoms. The third-order valence-corrected chi connectivity index (χ3v) is 8.60. The van der Waals surface area contributed by atoms with Crippen LogP contribution < -0.4 is 11.3 Å². The number of hydrogen-bond acceptors (Lipinski definition) is 7. The van der Waals surface area contributed by atoms with E-state index in [-0.39, 0.29) is 46.0 Å². The number of phenols is 2. The number of phenolic OH excluding ortho intramolecular Hbond substituents is 2. The molecule has 0 radical (unpaired) electrons. The molecule has 2 fully saturated rings. The molecule has 3 aromatic rings. The number of nitrogens with zero attached hydrogens (tertiary/aromatic N) is 3. The predicted octanol–water partition coefficient (Wildman–Crippen LogP) is 2.32. The lowest BCUT2D eigenvalue weighted by atomic mass is 9.55. The molecule has 32 heavy (non-hydrogen) atoms. The molecular formula is C23H27N5O4. The molecule has 2 aromatic heterocycles. The van der Waals surface area contributed by atoms with Crippen LogP contribution in [0.4, 0.5) is 5.95 Å². The number of H-pyrrole nitrogens is 1. The van der Waals surface area contributed by atoms with E-state index in [0.29, 0.717) is 23.9 Å². The van der Waals surface area contributed by atoms with Gasteiger partial charge < -0.3 is 21.1 Å². The molecule has 0 spiro atoms. The van der Waals surface area contributed by atoms with Crippen molar-refractivity contribution in [2.45, 2.75) is 57.5 Å². The van der Waals surface area contributed by atoms with E-state index in [1.165, 1.54) is 10.9 Å². The highest BCUT2D eigenvalue weighted by Crippen LogP contribution is 2.62. The van der Waals surface area contributed by atoms with Crippen LogP contribution in [-0.4, -0.2) is 40.9 Å². The van der Waals surface area contributed by atoms with Gasteiger partial charge in [-0.3, -0.25) is 14.3 Å². The summed E-state index contributed by atoms with van der Waals surface area (Å²) in [6, 6.07) is 1.90. The lowest BCUT2D eigenvalue weighted by molar-refractivity contribution is -0.0227. The van der Waals surface area contributed by atoms with Gasteiger partial charge in [0.1, 0.15) is 6.33 Å². The minimum atomic E-state index is -0.465. The number of aromatic nitrogens is 4. The van der Waals surface area contributed by atoms with E-state index < -0.39 is 5.56 Å². The summed E-state index contributed by atoms with van der Waals surface area (Å²) >= 11 is 0. The van der Waals surface area contributed by atoms with Crippen LogP contribution in [0.2, 0.25) is 0 Å². The molecule has 0 aliphatic heterocycles. The van der Waals surface area contributed by atoms with Gasteiger partial charge in [0, 0.05) is 5.56 Å². The first-order valence-corrected chi connectivity index (χ1v) is 11.3. The molecule has 0 saturated heterocycles. The fraction of sp³-hybridized carbons (Fsp3) is 0.522. The Labute approximate surface area is 183 Å². The van der Waals surface area contributed by atoms with Crippen molar-refractivity contribution in [3.8, 4) is 17.2 Å². The number of aliphatic hydroxyl groups excluding tert-OH is 1. The molecule has 0 unspecified atom stereocenters. The smallest absolute Gasteiger partial charge is 0.278 e. The summed E-state index contributed by atoms with van der Waals surface area (Å²) in [5.74, 6) is 0.700. The Morgan fingerprint density at radius 1 is 1.22 bits per heavy atom. The third-order valence-electron chi connectivity index (χ3n) is 8.60. The molecule has 2 saturated carbocycles. The molecule has 2 heterocycles. The highest BCUT2D eigenvalue weighted by atomic mass is 16.3. The Hall–Kier alpha value is -3.07. The number of aliphatic hydroxyl groups is 1. The molecule has 168 valence electrons. The van der Waals surface area contributed by atoms with Crippen molar-refractivity contribution < 1.29 is 15.3 Å². The average molecular weight is 438 g/mol. The molecular weight excluding hydrogens is 410 g/mol. The van der Waals surface area contributed by atoms with Gasteiger partial charge >= 0.3 is 0 Å². The summed E-state index contributed by atoms with van der Waals surface area (Å²) < 4.78 is 1.46. The maximum atomic E-state index is 12.6. The predicted molar refractivity (Wildman–Crippen MR) is 118 cm³/mol. The van der Waals surface area contributed by atoms with Crippen LogP contribution in [0.5, 0.6) is 11.5 Å². The first kappa shape index (κ1) is 19.6. The summed E-state index contributed by atoms with van der Waals surface area (Å²) in [5.41, 5.74) is 7.58. The number of benzene rings is 1. The summed E-state index contributed by atoms with van der Waals surface area (Å²) in [4.78, 5) is 23.3. The zero-order chi connectivity index (χ0) is 22.4. The van der Waals surface area contributed by atoms with Gasteiger partial charge in [0.05, 0.1) is 11.8 Å². The Morgan fingerprint density at radius 3 is 2.84 bits per heavy atom. The lowest BCUT2D eigenvalue weighted by Crippen LogP contribution is -2.43. The molecule has 3 aliphatic rings. The molecule has 6 N–H and O–H groups in total. The Morgan fingerprint density at radius 2 is 2.03 bits per heavy atom. The third kappa shape index (κ3) is 2.45. The maximum absolute atomic E-state index is 12.6. The maximum Gasteiger partial charge on any atom is 0.278 e. The number of nitrogens with one attached hydrogen (secondary N) is 1. The number of anilines is 1. The van der Waals surface area contributed by atoms with Crippen molar-refractivity contribution in [2.75, 3.05) is 5.73 Å². The second kappa shape index (κ2) is 6.48. The van der Waals surface area contributed by atoms with Crippen LogP contribution in [0.1, 0.15) is 56.1 Å². The van der Waals surface area contributed by atoms with Crippen LogP contribution in [0.15, 0.2) is 17.2 Å². The molecule has 6 rings (SSSR count). The Bertz CT molecular complexity index is 1310. The summed E-state index contributed by atoms with van der Waals surface area (Å²) in [6.07, 6.45) is 6.53. The second-order valence-electron chi connectivity index (χ2n) is 9.95. The zero-order valence-electron chi connectivity index (χ0n) is 17.9. The Kier molecular flexibility index (Phi) is 3.97. The van der Waals surface area contributed by atoms with E-state index in [0.717, 1.165) is 43.2 Å². The standard InChI is InChI=1S/C23H27N5O4/c1-23-7-6-10-11(14(23)4-5-16(23)29)2-3-12-13(10)8-15(19(31)18(12)30)28-9-25-20-17(28)21(32)27-22(24)26-20/h8-11,14,16,29-31H,2-7H2,1H3,(H3,24,26,27,32)/t10-,11+,14-,16-,23-/m0/s1. The molecule has 3 aliphatic carbocycles. The van der Waals surface area contributed by atoms with Crippen LogP contribution in [0.25, 0.3) is 16.9 Å². The topological polar surface area (TPSA) is 150 Å². The van der Waals surface area contributed by atoms with Gasteiger partial charge in [0.15, 0.2) is 22.7 Å². The SMILES string of the molecule is C[C@]12CC[C@@H]3c4cc(-n5cnc6nc(N)[nH]c(=O)c65)c(O)c(O)c4CC[C@H]3[C@@H]1CC[C@@H]2O. The van der Waals surface area contributed by atoms with Crippen LogP contribution in [0.3, 0.4) is 0 Å². The number of hydrogen-bond donors (Lipinski definition) is 5.